The molecule has 0 fully saturated rings. The SMILES string of the molecule is CO[C@@H]1C=C[C@H](OC(C)=O)[C@@H](COC(C)=O)O1. The van der Waals surface area contributed by atoms with Gasteiger partial charge in [0.2, 0.25) is 0 Å². The van der Waals surface area contributed by atoms with Gasteiger partial charge in [-0.05, 0) is 12.2 Å². The zero-order valence-corrected chi connectivity index (χ0v) is 10.0. The third kappa shape index (κ3) is 4.54. The van der Waals surface area contributed by atoms with E-state index in [0.29, 0.717) is 0 Å². The van der Waals surface area contributed by atoms with Crippen molar-refractivity contribution in [2.75, 3.05) is 13.7 Å². The van der Waals surface area contributed by atoms with Crippen LogP contribution >= 0.6 is 0 Å². The summed E-state index contributed by atoms with van der Waals surface area (Å²) in [6, 6.07) is 0. The van der Waals surface area contributed by atoms with Gasteiger partial charge in [0.25, 0.3) is 0 Å². The van der Waals surface area contributed by atoms with Crippen molar-refractivity contribution in [3.05, 3.63) is 12.2 Å². The molecule has 17 heavy (non-hydrogen) atoms. The van der Waals surface area contributed by atoms with Gasteiger partial charge in [-0.15, -0.1) is 0 Å². The maximum atomic E-state index is 10.9. The van der Waals surface area contributed by atoms with Gasteiger partial charge in [0.05, 0.1) is 0 Å². The van der Waals surface area contributed by atoms with Gasteiger partial charge in [0.15, 0.2) is 6.29 Å². The molecule has 0 aromatic carbocycles. The Morgan fingerprint density at radius 2 is 1.94 bits per heavy atom. The second-order valence-electron chi connectivity index (χ2n) is 3.54. The predicted octanol–water partition coefficient (Wildman–Crippen LogP) is 0.409. The summed E-state index contributed by atoms with van der Waals surface area (Å²) in [5, 5.41) is 0. The van der Waals surface area contributed by atoms with Crippen LogP contribution in [0.3, 0.4) is 0 Å². The summed E-state index contributed by atoms with van der Waals surface area (Å²) < 4.78 is 20.3. The minimum atomic E-state index is -0.571. The van der Waals surface area contributed by atoms with Gasteiger partial charge in [-0.2, -0.15) is 0 Å². The lowest BCUT2D eigenvalue weighted by atomic mass is 10.1. The molecule has 3 atom stereocenters. The highest BCUT2D eigenvalue weighted by molar-refractivity contribution is 5.66. The van der Waals surface area contributed by atoms with Crippen molar-refractivity contribution in [2.24, 2.45) is 0 Å². The van der Waals surface area contributed by atoms with E-state index in [9.17, 15) is 9.59 Å². The number of ether oxygens (including phenoxy) is 4. The fourth-order valence-electron chi connectivity index (χ4n) is 1.39. The highest BCUT2D eigenvalue weighted by atomic mass is 16.7. The zero-order valence-electron chi connectivity index (χ0n) is 10.0. The van der Waals surface area contributed by atoms with Gasteiger partial charge in [0.1, 0.15) is 18.8 Å². The maximum absolute atomic E-state index is 10.9. The summed E-state index contributed by atoms with van der Waals surface area (Å²) in [5.41, 5.74) is 0. The van der Waals surface area contributed by atoms with Gasteiger partial charge >= 0.3 is 11.9 Å². The standard InChI is InChI=1S/C11H16O6/c1-7(12)15-6-10-9(16-8(2)13)4-5-11(14-3)17-10/h4-5,9-11H,6H2,1-3H3/t9-,10+,11-/m0/s1. The molecule has 1 aliphatic heterocycles. The van der Waals surface area contributed by atoms with Crippen LogP contribution in [-0.2, 0) is 28.5 Å². The van der Waals surface area contributed by atoms with Crippen molar-refractivity contribution in [3.8, 4) is 0 Å². The minimum Gasteiger partial charge on any atom is -0.463 e. The number of esters is 2. The first-order valence-corrected chi connectivity index (χ1v) is 5.20. The smallest absolute Gasteiger partial charge is 0.303 e. The van der Waals surface area contributed by atoms with E-state index in [1.807, 2.05) is 0 Å². The molecule has 96 valence electrons. The van der Waals surface area contributed by atoms with Gasteiger partial charge in [0, 0.05) is 21.0 Å². The fourth-order valence-corrected chi connectivity index (χ4v) is 1.39. The molecule has 1 aliphatic rings. The molecule has 0 aliphatic carbocycles. The molecule has 0 saturated carbocycles. The number of carbonyl (C=O) groups is 2. The number of hydrogen-bond donors (Lipinski definition) is 0. The second-order valence-corrected chi connectivity index (χ2v) is 3.54. The Balaban J connectivity index is 2.62. The number of hydrogen-bond acceptors (Lipinski definition) is 6. The Bertz CT molecular complexity index is 311. The van der Waals surface area contributed by atoms with Crippen LogP contribution in [0, 0.1) is 0 Å². The summed E-state index contributed by atoms with van der Waals surface area (Å²) in [7, 11) is 1.49. The average molecular weight is 244 g/mol. The largest absolute Gasteiger partial charge is 0.463 e. The van der Waals surface area contributed by atoms with E-state index < -0.39 is 30.4 Å². The van der Waals surface area contributed by atoms with Crippen LogP contribution in [0.5, 0.6) is 0 Å². The Labute approximate surface area is 99.5 Å². The molecule has 1 heterocycles. The maximum Gasteiger partial charge on any atom is 0.303 e. The molecule has 6 nitrogen and oxygen atoms in total. The lowest BCUT2D eigenvalue weighted by molar-refractivity contribution is -0.190. The molecular formula is C11H16O6. The fraction of sp³-hybridized carbons (Fsp3) is 0.636. The average Bonchev–Trinajstić information content (AvgIpc) is 2.27. The number of carbonyl (C=O) groups excluding carboxylic acids is 2. The molecule has 0 aromatic heterocycles. The highest BCUT2D eigenvalue weighted by Crippen LogP contribution is 2.17. The topological polar surface area (TPSA) is 71.1 Å². The third-order valence-electron chi connectivity index (χ3n) is 2.12. The predicted molar refractivity (Wildman–Crippen MR) is 57.0 cm³/mol. The molecule has 0 spiro atoms. The Hall–Kier alpha value is -1.40. The highest BCUT2D eigenvalue weighted by Gasteiger charge is 2.30. The van der Waals surface area contributed by atoms with E-state index in [2.05, 4.69) is 0 Å². The van der Waals surface area contributed by atoms with Crippen molar-refractivity contribution in [1.29, 1.82) is 0 Å². The van der Waals surface area contributed by atoms with Gasteiger partial charge < -0.3 is 18.9 Å². The summed E-state index contributed by atoms with van der Waals surface area (Å²) >= 11 is 0. The number of rotatable bonds is 4. The quantitative estimate of drug-likeness (QED) is 0.527. The molecule has 0 bridgehead atoms. The molecule has 0 unspecified atom stereocenters. The van der Waals surface area contributed by atoms with Crippen LogP contribution < -0.4 is 0 Å². The number of methoxy groups -OCH3 is 1. The van der Waals surface area contributed by atoms with E-state index >= 15 is 0 Å². The van der Waals surface area contributed by atoms with Crippen LogP contribution in [0.4, 0.5) is 0 Å². The lowest BCUT2D eigenvalue weighted by Gasteiger charge is -2.30. The van der Waals surface area contributed by atoms with Crippen LogP contribution in [0.1, 0.15) is 13.8 Å². The van der Waals surface area contributed by atoms with E-state index in [1.165, 1.54) is 21.0 Å². The normalized spacial score (nSPS) is 27.6. The van der Waals surface area contributed by atoms with Crippen molar-refractivity contribution in [3.63, 3.8) is 0 Å². The van der Waals surface area contributed by atoms with Crippen molar-refractivity contribution < 1.29 is 28.5 Å². The van der Waals surface area contributed by atoms with Gasteiger partial charge in [-0.3, -0.25) is 9.59 Å². The first-order chi connectivity index (χ1) is 8.02. The minimum absolute atomic E-state index is 0.0114. The molecule has 0 radical (unpaired) electrons. The van der Waals surface area contributed by atoms with Crippen molar-refractivity contribution >= 4 is 11.9 Å². The third-order valence-corrected chi connectivity index (χ3v) is 2.12. The van der Waals surface area contributed by atoms with Crippen molar-refractivity contribution in [2.45, 2.75) is 32.3 Å². The lowest BCUT2D eigenvalue weighted by Crippen LogP contribution is -2.41. The van der Waals surface area contributed by atoms with E-state index in [-0.39, 0.29) is 6.61 Å². The monoisotopic (exact) mass is 244 g/mol. The first-order valence-electron chi connectivity index (χ1n) is 5.20. The van der Waals surface area contributed by atoms with Gasteiger partial charge in [-0.1, -0.05) is 0 Å². The Morgan fingerprint density at radius 3 is 2.47 bits per heavy atom. The van der Waals surface area contributed by atoms with Crippen LogP contribution in [0.15, 0.2) is 12.2 Å². The zero-order chi connectivity index (χ0) is 12.8. The van der Waals surface area contributed by atoms with Crippen LogP contribution in [0.2, 0.25) is 0 Å². The summed E-state index contributed by atoms with van der Waals surface area (Å²) in [5.74, 6) is -0.842. The molecule has 6 heteroatoms. The van der Waals surface area contributed by atoms with Gasteiger partial charge in [-0.25, -0.2) is 0 Å². The molecule has 0 saturated heterocycles. The molecule has 1 rings (SSSR count). The van der Waals surface area contributed by atoms with E-state index in [1.54, 1.807) is 12.2 Å². The van der Waals surface area contributed by atoms with Crippen LogP contribution in [-0.4, -0.2) is 44.2 Å². The molecule has 0 aromatic rings. The van der Waals surface area contributed by atoms with Crippen LogP contribution in [0.25, 0.3) is 0 Å². The van der Waals surface area contributed by atoms with E-state index in [4.69, 9.17) is 18.9 Å². The first kappa shape index (κ1) is 13.7. The summed E-state index contributed by atoms with van der Waals surface area (Å²) in [4.78, 5) is 21.6. The van der Waals surface area contributed by atoms with Crippen molar-refractivity contribution in [1.82, 2.24) is 0 Å². The molecule has 0 amide bonds. The molecular weight excluding hydrogens is 228 g/mol. The Morgan fingerprint density at radius 1 is 1.24 bits per heavy atom. The Kier molecular flexibility index (Phi) is 5.11. The summed E-state index contributed by atoms with van der Waals surface area (Å²) in [6.07, 6.45) is 1.64. The molecule has 0 N–H and O–H groups in total. The second kappa shape index (κ2) is 6.36. The van der Waals surface area contributed by atoms with E-state index in [0.717, 1.165) is 0 Å². The summed E-state index contributed by atoms with van der Waals surface area (Å²) in [6.45, 7) is 2.62.